The minimum absolute atomic E-state index is 0.289. The van der Waals surface area contributed by atoms with Crippen LogP contribution < -0.4 is 4.90 Å². The summed E-state index contributed by atoms with van der Waals surface area (Å²) in [7, 11) is 0. The van der Waals surface area contributed by atoms with Gasteiger partial charge in [0, 0.05) is 12.6 Å². The summed E-state index contributed by atoms with van der Waals surface area (Å²) < 4.78 is 0. The van der Waals surface area contributed by atoms with Gasteiger partial charge in [0.15, 0.2) is 0 Å². The predicted molar refractivity (Wildman–Crippen MR) is 71.1 cm³/mol. The van der Waals surface area contributed by atoms with Crippen molar-refractivity contribution < 1.29 is 9.90 Å². The van der Waals surface area contributed by atoms with E-state index in [4.69, 9.17) is 5.11 Å². The second-order valence-corrected chi connectivity index (χ2v) is 5.28. The molecule has 2 heterocycles. The molecule has 2 atom stereocenters. The lowest BCUT2D eigenvalue weighted by atomic mass is 9.93. The first-order valence-electron chi connectivity index (χ1n) is 6.46. The fraction of sp³-hybridized carbons (Fsp3) is 0.571. The van der Waals surface area contributed by atoms with Crippen molar-refractivity contribution in [1.82, 2.24) is 4.98 Å². The van der Waals surface area contributed by atoms with Crippen LogP contribution in [0.25, 0.3) is 0 Å². The molecule has 4 nitrogen and oxygen atoms in total. The molecule has 98 valence electrons. The van der Waals surface area contributed by atoms with Crippen LogP contribution in [0.2, 0.25) is 0 Å². The van der Waals surface area contributed by atoms with Gasteiger partial charge in [-0.3, -0.25) is 0 Å². The number of nitrogens with zero attached hydrogens (tertiary/aromatic N) is 2. The smallest absolute Gasteiger partial charge is 0.337 e. The molecule has 18 heavy (non-hydrogen) atoms. The number of hydrogen-bond acceptors (Lipinski definition) is 3. The number of hydrogen-bond donors (Lipinski definition) is 1. The van der Waals surface area contributed by atoms with Gasteiger partial charge < -0.3 is 10.0 Å². The fourth-order valence-corrected chi connectivity index (χ4v) is 2.68. The molecule has 1 fully saturated rings. The minimum atomic E-state index is -0.910. The SMILES string of the molecule is Cc1nc(N2CCC(C)CC2C)ccc1C(=O)O. The van der Waals surface area contributed by atoms with Crippen LogP contribution in [0.3, 0.4) is 0 Å². The maximum Gasteiger partial charge on any atom is 0.337 e. The summed E-state index contributed by atoms with van der Waals surface area (Å²) in [6.07, 6.45) is 2.34. The number of aryl methyl sites for hydroxylation is 1. The lowest BCUT2D eigenvalue weighted by Gasteiger charge is -2.37. The summed E-state index contributed by atoms with van der Waals surface area (Å²) in [4.78, 5) is 17.7. The molecule has 0 amide bonds. The second kappa shape index (κ2) is 4.96. The van der Waals surface area contributed by atoms with Crippen molar-refractivity contribution in [2.75, 3.05) is 11.4 Å². The van der Waals surface area contributed by atoms with Crippen LogP contribution in [0, 0.1) is 12.8 Å². The largest absolute Gasteiger partial charge is 0.478 e. The summed E-state index contributed by atoms with van der Waals surface area (Å²) in [5.74, 6) is 0.749. The Bertz CT molecular complexity index is 459. The molecule has 1 aliphatic heterocycles. The lowest BCUT2D eigenvalue weighted by molar-refractivity contribution is 0.0695. The molecule has 4 heteroatoms. The average molecular weight is 248 g/mol. The highest BCUT2D eigenvalue weighted by Crippen LogP contribution is 2.27. The van der Waals surface area contributed by atoms with Crippen LogP contribution in [-0.4, -0.2) is 28.6 Å². The first-order chi connectivity index (χ1) is 8.49. The standard InChI is InChI=1S/C14H20N2O2/c1-9-6-7-16(10(2)8-9)13-5-4-12(14(17)18)11(3)15-13/h4-5,9-10H,6-8H2,1-3H3,(H,17,18). The first-order valence-corrected chi connectivity index (χ1v) is 6.46. The van der Waals surface area contributed by atoms with Gasteiger partial charge in [0.1, 0.15) is 5.82 Å². The Morgan fingerprint density at radius 1 is 1.44 bits per heavy atom. The number of aromatic carboxylic acids is 1. The van der Waals surface area contributed by atoms with Gasteiger partial charge in [-0.2, -0.15) is 0 Å². The summed E-state index contributed by atoms with van der Waals surface area (Å²) in [6.45, 7) is 7.24. The Kier molecular flexibility index (Phi) is 3.55. The van der Waals surface area contributed by atoms with Crippen molar-refractivity contribution in [3.63, 3.8) is 0 Å². The maximum atomic E-state index is 11.0. The van der Waals surface area contributed by atoms with E-state index in [0.29, 0.717) is 11.7 Å². The van der Waals surface area contributed by atoms with E-state index in [-0.39, 0.29) is 5.56 Å². The van der Waals surface area contributed by atoms with E-state index in [1.165, 1.54) is 12.8 Å². The summed E-state index contributed by atoms with van der Waals surface area (Å²) in [5, 5.41) is 9.00. The topological polar surface area (TPSA) is 53.4 Å². The van der Waals surface area contributed by atoms with Crippen LogP contribution in [0.4, 0.5) is 5.82 Å². The number of anilines is 1. The van der Waals surface area contributed by atoms with Gasteiger partial charge >= 0.3 is 5.97 Å². The molecule has 1 aromatic rings. The van der Waals surface area contributed by atoms with Crippen LogP contribution in [0.15, 0.2) is 12.1 Å². The number of carboxylic acids is 1. The molecule has 0 saturated carbocycles. The normalized spacial score (nSPS) is 24.1. The number of carboxylic acid groups (broad SMARTS) is 1. The van der Waals surface area contributed by atoms with Crippen LogP contribution in [-0.2, 0) is 0 Å². The number of aromatic nitrogens is 1. The van der Waals surface area contributed by atoms with E-state index >= 15 is 0 Å². The van der Waals surface area contributed by atoms with E-state index in [0.717, 1.165) is 18.3 Å². The van der Waals surface area contributed by atoms with Gasteiger partial charge in [-0.1, -0.05) is 6.92 Å². The minimum Gasteiger partial charge on any atom is -0.478 e. The molecule has 1 aliphatic rings. The van der Waals surface area contributed by atoms with Crippen LogP contribution in [0.5, 0.6) is 0 Å². The zero-order valence-electron chi connectivity index (χ0n) is 11.2. The van der Waals surface area contributed by atoms with Gasteiger partial charge in [0.2, 0.25) is 0 Å². The highest BCUT2D eigenvalue weighted by molar-refractivity contribution is 5.89. The van der Waals surface area contributed by atoms with Crippen molar-refractivity contribution in [3.8, 4) is 0 Å². The Hall–Kier alpha value is -1.58. The quantitative estimate of drug-likeness (QED) is 0.874. The Morgan fingerprint density at radius 2 is 2.17 bits per heavy atom. The number of rotatable bonds is 2. The zero-order chi connectivity index (χ0) is 13.3. The molecule has 0 bridgehead atoms. The predicted octanol–water partition coefficient (Wildman–Crippen LogP) is 2.71. The highest BCUT2D eigenvalue weighted by atomic mass is 16.4. The van der Waals surface area contributed by atoms with E-state index in [9.17, 15) is 4.79 Å². The molecule has 0 spiro atoms. The molecular formula is C14H20N2O2. The van der Waals surface area contributed by atoms with Crippen molar-refractivity contribution in [2.45, 2.75) is 39.7 Å². The number of piperidine rings is 1. The van der Waals surface area contributed by atoms with Crippen molar-refractivity contribution >= 4 is 11.8 Å². The molecule has 0 radical (unpaired) electrons. The average Bonchev–Trinajstić information content (AvgIpc) is 2.28. The van der Waals surface area contributed by atoms with E-state index in [1.54, 1.807) is 13.0 Å². The second-order valence-electron chi connectivity index (χ2n) is 5.28. The molecule has 1 saturated heterocycles. The van der Waals surface area contributed by atoms with Crippen LogP contribution >= 0.6 is 0 Å². The van der Waals surface area contributed by atoms with E-state index < -0.39 is 5.97 Å². The molecule has 2 rings (SSSR count). The van der Waals surface area contributed by atoms with Crippen LogP contribution in [0.1, 0.15) is 42.7 Å². The molecule has 0 aliphatic carbocycles. The Labute approximate surface area is 108 Å². The van der Waals surface area contributed by atoms with Gasteiger partial charge in [0.05, 0.1) is 11.3 Å². The number of carbonyl (C=O) groups is 1. The van der Waals surface area contributed by atoms with Gasteiger partial charge in [-0.25, -0.2) is 9.78 Å². The summed E-state index contributed by atoms with van der Waals surface area (Å²) >= 11 is 0. The van der Waals surface area contributed by atoms with Crippen molar-refractivity contribution in [2.24, 2.45) is 5.92 Å². The highest BCUT2D eigenvalue weighted by Gasteiger charge is 2.24. The number of pyridine rings is 1. The first kappa shape index (κ1) is 12.9. The van der Waals surface area contributed by atoms with Gasteiger partial charge in [-0.05, 0) is 44.7 Å². The van der Waals surface area contributed by atoms with Crippen molar-refractivity contribution in [1.29, 1.82) is 0 Å². The van der Waals surface area contributed by atoms with E-state index in [1.807, 2.05) is 6.07 Å². The third-order valence-corrected chi connectivity index (χ3v) is 3.73. The zero-order valence-corrected chi connectivity index (χ0v) is 11.2. The van der Waals surface area contributed by atoms with Gasteiger partial charge in [-0.15, -0.1) is 0 Å². The molecule has 2 unspecified atom stereocenters. The molecular weight excluding hydrogens is 228 g/mol. The Morgan fingerprint density at radius 3 is 2.72 bits per heavy atom. The molecule has 1 aromatic heterocycles. The fourth-order valence-electron chi connectivity index (χ4n) is 2.68. The monoisotopic (exact) mass is 248 g/mol. The molecule has 1 N–H and O–H groups in total. The lowest BCUT2D eigenvalue weighted by Crippen LogP contribution is -2.40. The van der Waals surface area contributed by atoms with Gasteiger partial charge in [0.25, 0.3) is 0 Å². The maximum absolute atomic E-state index is 11.0. The van der Waals surface area contributed by atoms with E-state index in [2.05, 4.69) is 23.7 Å². The third-order valence-electron chi connectivity index (χ3n) is 3.73. The summed E-state index contributed by atoms with van der Waals surface area (Å²) in [5.41, 5.74) is 0.877. The third kappa shape index (κ3) is 2.47. The summed E-state index contributed by atoms with van der Waals surface area (Å²) in [6, 6.07) is 3.95. The molecule has 0 aromatic carbocycles. The van der Waals surface area contributed by atoms with Crippen molar-refractivity contribution in [3.05, 3.63) is 23.4 Å². The Balaban J connectivity index is 2.24.